The van der Waals surface area contributed by atoms with E-state index in [-0.39, 0.29) is 0 Å². The van der Waals surface area contributed by atoms with E-state index in [0.717, 1.165) is 26.1 Å². The fourth-order valence-electron chi connectivity index (χ4n) is 2.72. The molecule has 2 heterocycles. The van der Waals surface area contributed by atoms with Crippen molar-refractivity contribution in [1.82, 2.24) is 9.21 Å². The topological polar surface area (TPSA) is 40.6 Å². The van der Waals surface area contributed by atoms with E-state index in [1.165, 1.54) is 4.88 Å². The van der Waals surface area contributed by atoms with Crippen LogP contribution in [0.2, 0.25) is 5.02 Å². The highest BCUT2D eigenvalue weighted by Crippen LogP contribution is 2.21. The van der Waals surface area contributed by atoms with Gasteiger partial charge in [-0.05, 0) is 48.7 Å². The van der Waals surface area contributed by atoms with Crippen LogP contribution >= 0.6 is 22.9 Å². The fraction of sp³-hybridized carbons (Fsp3) is 0.375. The highest BCUT2D eigenvalue weighted by molar-refractivity contribution is 7.89. The Kier molecular flexibility index (Phi) is 5.38. The summed E-state index contributed by atoms with van der Waals surface area (Å²) in [4.78, 5) is 3.95. The number of halogens is 1. The van der Waals surface area contributed by atoms with Crippen molar-refractivity contribution in [3.05, 3.63) is 51.7 Å². The van der Waals surface area contributed by atoms with E-state index in [1.54, 1.807) is 39.9 Å². The smallest absolute Gasteiger partial charge is 0.243 e. The van der Waals surface area contributed by atoms with E-state index in [1.807, 2.05) is 0 Å². The Morgan fingerprint density at radius 2 is 1.83 bits per heavy atom. The zero-order valence-corrected chi connectivity index (χ0v) is 15.1. The van der Waals surface area contributed by atoms with Crippen molar-refractivity contribution in [3.63, 3.8) is 0 Å². The summed E-state index contributed by atoms with van der Waals surface area (Å²) >= 11 is 7.59. The lowest BCUT2D eigenvalue weighted by atomic mass is 10.3. The Hall–Kier alpha value is -0.920. The SMILES string of the molecule is O=S(=O)(c1ccc(Cl)cc1)N1CCCN(Cc2cccs2)CC1. The summed E-state index contributed by atoms with van der Waals surface area (Å²) in [6.45, 7) is 3.66. The summed E-state index contributed by atoms with van der Waals surface area (Å²) < 4.78 is 27.1. The monoisotopic (exact) mass is 370 g/mol. The lowest BCUT2D eigenvalue weighted by Crippen LogP contribution is -2.35. The minimum absolute atomic E-state index is 0.314. The molecule has 4 nitrogen and oxygen atoms in total. The summed E-state index contributed by atoms with van der Waals surface area (Å²) in [5.41, 5.74) is 0. The van der Waals surface area contributed by atoms with Crippen LogP contribution in [0.4, 0.5) is 0 Å². The average molecular weight is 371 g/mol. The Bertz CT molecular complexity index is 730. The second kappa shape index (κ2) is 7.32. The first kappa shape index (κ1) is 16.9. The van der Waals surface area contributed by atoms with E-state index in [4.69, 9.17) is 11.6 Å². The molecule has 0 radical (unpaired) electrons. The Morgan fingerprint density at radius 3 is 2.52 bits per heavy atom. The van der Waals surface area contributed by atoms with Gasteiger partial charge in [0.2, 0.25) is 10.0 Å². The third kappa shape index (κ3) is 4.14. The van der Waals surface area contributed by atoms with Gasteiger partial charge in [-0.1, -0.05) is 17.7 Å². The van der Waals surface area contributed by atoms with Crippen molar-refractivity contribution in [2.75, 3.05) is 26.2 Å². The second-order valence-corrected chi connectivity index (χ2v) is 8.97. The van der Waals surface area contributed by atoms with Gasteiger partial charge in [0, 0.05) is 36.1 Å². The van der Waals surface area contributed by atoms with Gasteiger partial charge in [0.25, 0.3) is 0 Å². The molecule has 23 heavy (non-hydrogen) atoms. The normalized spacial score (nSPS) is 18.0. The van der Waals surface area contributed by atoms with Crippen LogP contribution in [0, 0.1) is 0 Å². The number of rotatable bonds is 4. The summed E-state index contributed by atoms with van der Waals surface area (Å²) in [7, 11) is -3.44. The minimum Gasteiger partial charge on any atom is -0.297 e. The van der Waals surface area contributed by atoms with Gasteiger partial charge in [-0.25, -0.2) is 8.42 Å². The van der Waals surface area contributed by atoms with Gasteiger partial charge in [-0.15, -0.1) is 11.3 Å². The van der Waals surface area contributed by atoms with E-state index >= 15 is 0 Å². The maximum absolute atomic E-state index is 12.7. The molecular formula is C16H19ClN2O2S2. The Morgan fingerprint density at radius 1 is 1.04 bits per heavy atom. The molecule has 1 aliphatic heterocycles. The van der Waals surface area contributed by atoms with Crippen LogP contribution in [0.3, 0.4) is 0 Å². The predicted molar refractivity (Wildman–Crippen MR) is 94.4 cm³/mol. The summed E-state index contributed by atoms with van der Waals surface area (Å²) in [6, 6.07) is 10.6. The van der Waals surface area contributed by atoms with Gasteiger partial charge in [0.05, 0.1) is 4.90 Å². The molecule has 1 saturated heterocycles. The molecule has 0 bridgehead atoms. The van der Waals surface area contributed by atoms with Crippen LogP contribution < -0.4 is 0 Å². The third-order valence-corrected chi connectivity index (χ3v) is 6.98. The molecule has 3 rings (SSSR count). The number of hydrogen-bond acceptors (Lipinski definition) is 4. The molecule has 0 aliphatic carbocycles. The molecule has 1 aromatic carbocycles. The second-order valence-electron chi connectivity index (χ2n) is 5.57. The Labute approximate surface area is 146 Å². The maximum atomic E-state index is 12.7. The van der Waals surface area contributed by atoms with Crippen LogP contribution in [-0.4, -0.2) is 43.8 Å². The zero-order valence-electron chi connectivity index (χ0n) is 12.7. The van der Waals surface area contributed by atoms with Crippen LogP contribution in [0.15, 0.2) is 46.7 Å². The summed E-state index contributed by atoms with van der Waals surface area (Å²) in [6.07, 6.45) is 0.845. The molecule has 0 unspecified atom stereocenters. The zero-order chi connectivity index (χ0) is 16.3. The average Bonchev–Trinajstić information content (AvgIpc) is 2.91. The first-order valence-corrected chi connectivity index (χ1v) is 10.3. The van der Waals surface area contributed by atoms with Gasteiger partial charge in [-0.3, -0.25) is 4.90 Å². The lowest BCUT2D eigenvalue weighted by Gasteiger charge is -2.21. The molecule has 0 saturated carbocycles. The van der Waals surface area contributed by atoms with Crippen molar-refractivity contribution >= 4 is 33.0 Å². The van der Waals surface area contributed by atoms with Gasteiger partial charge in [0.1, 0.15) is 0 Å². The molecule has 0 amide bonds. The number of benzene rings is 1. The van der Waals surface area contributed by atoms with Crippen LogP contribution in [-0.2, 0) is 16.6 Å². The summed E-state index contributed by atoms with van der Waals surface area (Å²) in [5.74, 6) is 0. The molecule has 2 aromatic rings. The highest BCUT2D eigenvalue weighted by Gasteiger charge is 2.26. The van der Waals surface area contributed by atoms with Crippen LogP contribution in [0.25, 0.3) is 0 Å². The highest BCUT2D eigenvalue weighted by atomic mass is 35.5. The van der Waals surface area contributed by atoms with Crippen molar-refractivity contribution in [1.29, 1.82) is 0 Å². The van der Waals surface area contributed by atoms with E-state index in [9.17, 15) is 8.42 Å². The number of sulfonamides is 1. The minimum atomic E-state index is -3.44. The number of hydrogen-bond donors (Lipinski definition) is 0. The van der Waals surface area contributed by atoms with Gasteiger partial charge < -0.3 is 0 Å². The third-order valence-electron chi connectivity index (χ3n) is 3.96. The van der Waals surface area contributed by atoms with Gasteiger partial charge in [-0.2, -0.15) is 4.31 Å². The largest absolute Gasteiger partial charge is 0.297 e. The van der Waals surface area contributed by atoms with Gasteiger partial charge in [0.15, 0.2) is 0 Å². The molecule has 7 heteroatoms. The van der Waals surface area contributed by atoms with Crippen molar-refractivity contribution in [2.24, 2.45) is 0 Å². The number of nitrogens with zero attached hydrogens (tertiary/aromatic N) is 2. The summed E-state index contributed by atoms with van der Waals surface area (Å²) in [5, 5.41) is 2.62. The van der Waals surface area contributed by atoms with Crippen molar-refractivity contribution in [3.8, 4) is 0 Å². The van der Waals surface area contributed by atoms with Crippen LogP contribution in [0.1, 0.15) is 11.3 Å². The maximum Gasteiger partial charge on any atom is 0.243 e. The molecule has 0 spiro atoms. The fourth-order valence-corrected chi connectivity index (χ4v) is 5.07. The standard InChI is InChI=1S/C16H19ClN2O2S2/c17-14-4-6-16(7-5-14)23(20,21)19-9-2-8-18(10-11-19)13-15-3-1-12-22-15/h1,3-7,12H,2,8-11,13H2. The first-order valence-electron chi connectivity index (χ1n) is 7.56. The van der Waals surface area contributed by atoms with E-state index in [2.05, 4.69) is 22.4 Å². The molecule has 0 N–H and O–H groups in total. The first-order chi connectivity index (χ1) is 11.1. The molecular weight excluding hydrogens is 352 g/mol. The van der Waals surface area contributed by atoms with E-state index < -0.39 is 10.0 Å². The Balaban J connectivity index is 1.68. The lowest BCUT2D eigenvalue weighted by molar-refractivity contribution is 0.281. The molecule has 124 valence electrons. The predicted octanol–water partition coefficient (Wildman–Crippen LogP) is 3.30. The van der Waals surface area contributed by atoms with Gasteiger partial charge >= 0.3 is 0 Å². The van der Waals surface area contributed by atoms with Crippen LogP contribution in [0.5, 0.6) is 0 Å². The molecule has 1 aromatic heterocycles. The van der Waals surface area contributed by atoms with E-state index in [0.29, 0.717) is 23.0 Å². The number of thiophene rings is 1. The molecule has 0 atom stereocenters. The molecule has 1 fully saturated rings. The molecule has 1 aliphatic rings. The van der Waals surface area contributed by atoms with Crippen molar-refractivity contribution < 1.29 is 8.42 Å². The quantitative estimate of drug-likeness (QED) is 0.829. The van der Waals surface area contributed by atoms with Crippen molar-refractivity contribution in [2.45, 2.75) is 17.9 Å².